The summed E-state index contributed by atoms with van der Waals surface area (Å²) in [5.74, 6) is -0.636. The zero-order valence-corrected chi connectivity index (χ0v) is 12.0. The van der Waals surface area contributed by atoms with Crippen LogP contribution in [-0.2, 0) is 12.6 Å². The highest BCUT2D eigenvalue weighted by molar-refractivity contribution is 5.75. The SMILES string of the molecule is CCc1[c]c(C)cc(F)c1-c1c(C)cccc1C(F)(F)F. The number of halogens is 4. The van der Waals surface area contributed by atoms with Gasteiger partial charge in [0.1, 0.15) is 5.82 Å². The summed E-state index contributed by atoms with van der Waals surface area (Å²) in [5.41, 5.74) is 0.552. The number of benzene rings is 2. The third-order valence-corrected chi connectivity index (χ3v) is 3.41. The molecule has 0 saturated carbocycles. The molecule has 0 nitrogen and oxygen atoms in total. The van der Waals surface area contributed by atoms with Crippen LogP contribution in [0.4, 0.5) is 17.6 Å². The normalized spacial score (nSPS) is 11.8. The molecular formula is C17H15F4. The Bertz CT molecular complexity index is 669. The van der Waals surface area contributed by atoms with E-state index in [9.17, 15) is 17.6 Å². The fourth-order valence-electron chi connectivity index (χ4n) is 2.51. The van der Waals surface area contributed by atoms with Crippen molar-refractivity contribution >= 4 is 0 Å². The molecule has 0 atom stereocenters. The van der Waals surface area contributed by atoms with E-state index in [0.29, 0.717) is 23.1 Å². The number of rotatable bonds is 2. The van der Waals surface area contributed by atoms with E-state index in [1.807, 2.05) is 0 Å². The molecule has 2 aromatic carbocycles. The molecule has 0 aliphatic carbocycles. The van der Waals surface area contributed by atoms with E-state index in [1.54, 1.807) is 26.8 Å². The van der Waals surface area contributed by atoms with Crippen LogP contribution in [0.25, 0.3) is 11.1 Å². The summed E-state index contributed by atoms with van der Waals surface area (Å²) in [7, 11) is 0. The van der Waals surface area contributed by atoms with Gasteiger partial charge < -0.3 is 0 Å². The zero-order valence-electron chi connectivity index (χ0n) is 12.0. The van der Waals surface area contributed by atoms with Gasteiger partial charge in [0.15, 0.2) is 0 Å². The van der Waals surface area contributed by atoms with Crippen LogP contribution in [0.3, 0.4) is 0 Å². The Balaban J connectivity index is 2.85. The lowest BCUT2D eigenvalue weighted by molar-refractivity contribution is -0.137. The molecule has 0 aliphatic rings. The van der Waals surface area contributed by atoms with Crippen LogP contribution in [0.5, 0.6) is 0 Å². The van der Waals surface area contributed by atoms with Crippen molar-refractivity contribution in [1.82, 2.24) is 0 Å². The van der Waals surface area contributed by atoms with Crippen molar-refractivity contribution in [2.24, 2.45) is 0 Å². The van der Waals surface area contributed by atoms with Crippen LogP contribution in [0.2, 0.25) is 0 Å². The van der Waals surface area contributed by atoms with Gasteiger partial charge in [-0.1, -0.05) is 19.1 Å². The maximum Gasteiger partial charge on any atom is 0.417 e. The minimum atomic E-state index is -4.52. The largest absolute Gasteiger partial charge is 0.417 e. The maximum atomic E-state index is 14.3. The number of hydrogen-bond acceptors (Lipinski definition) is 0. The first kappa shape index (κ1) is 15.5. The van der Waals surface area contributed by atoms with Gasteiger partial charge in [-0.2, -0.15) is 13.2 Å². The van der Waals surface area contributed by atoms with Gasteiger partial charge in [0, 0.05) is 5.56 Å². The molecule has 1 radical (unpaired) electrons. The van der Waals surface area contributed by atoms with Crippen molar-refractivity contribution in [3.63, 3.8) is 0 Å². The maximum absolute atomic E-state index is 14.3. The summed E-state index contributed by atoms with van der Waals surface area (Å²) in [5, 5.41) is 0. The molecule has 111 valence electrons. The minimum Gasteiger partial charge on any atom is -0.206 e. The number of aryl methyl sites for hydroxylation is 3. The van der Waals surface area contributed by atoms with Gasteiger partial charge in [0.05, 0.1) is 5.56 Å². The van der Waals surface area contributed by atoms with Crippen molar-refractivity contribution in [2.75, 3.05) is 0 Å². The van der Waals surface area contributed by atoms with Gasteiger partial charge in [0.2, 0.25) is 0 Å². The fraction of sp³-hybridized carbons (Fsp3) is 0.294. The molecule has 0 fully saturated rings. The van der Waals surface area contributed by atoms with Crippen LogP contribution in [0, 0.1) is 25.7 Å². The van der Waals surface area contributed by atoms with Gasteiger partial charge >= 0.3 is 6.18 Å². The molecule has 0 N–H and O–H groups in total. The Morgan fingerprint density at radius 2 is 1.76 bits per heavy atom. The molecule has 0 unspecified atom stereocenters. The standard InChI is InChI=1S/C17H15F4/c1-4-12-8-10(2)9-14(18)16(12)15-11(3)6-5-7-13(15)17(19,20)21/h5-7,9H,4H2,1-3H3. The van der Waals surface area contributed by atoms with Gasteiger partial charge in [-0.3, -0.25) is 0 Å². The molecule has 2 aromatic rings. The summed E-state index contributed by atoms with van der Waals surface area (Å²) in [6, 6.07) is 8.07. The van der Waals surface area contributed by atoms with Crippen molar-refractivity contribution in [1.29, 1.82) is 0 Å². The summed E-state index contributed by atoms with van der Waals surface area (Å²) in [4.78, 5) is 0. The lowest BCUT2D eigenvalue weighted by Gasteiger charge is -2.18. The summed E-state index contributed by atoms with van der Waals surface area (Å²) in [6.45, 7) is 5.01. The first-order chi connectivity index (χ1) is 9.75. The summed E-state index contributed by atoms with van der Waals surface area (Å²) in [6.07, 6.45) is -4.11. The van der Waals surface area contributed by atoms with E-state index in [1.165, 1.54) is 12.1 Å². The third kappa shape index (κ3) is 2.94. The quantitative estimate of drug-likeness (QED) is 0.642. The Morgan fingerprint density at radius 1 is 1.10 bits per heavy atom. The van der Waals surface area contributed by atoms with Crippen LogP contribution >= 0.6 is 0 Å². The van der Waals surface area contributed by atoms with Gasteiger partial charge in [-0.25, -0.2) is 4.39 Å². The van der Waals surface area contributed by atoms with Crippen molar-refractivity contribution in [3.8, 4) is 11.1 Å². The van der Waals surface area contributed by atoms with Crippen LogP contribution in [0.1, 0.15) is 29.2 Å². The molecule has 0 amide bonds. The van der Waals surface area contributed by atoms with E-state index in [-0.39, 0.29) is 11.1 Å². The van der Waals surface area contributed by atoms with Crippen molar-refractivity contribution in [2.45, 2.75) is 33.4 Å². The molecule has 4 heteroatoms. The highest BCUT2D eigenvalue weighted by Gasteiger charge is 2.35. The van der Waals surface area contributed by atoms with Crippen LogP contribution in [0.15, 0.2) is 24.3 Å². The van der Waals surface area contributed by atoms with E-state index < -0.39 is 17.6 Å². The molecule has 2 rings (SSSR count). The minimum absolute atomic E-state index is 0.00789. The van der Waals surface area contributed by atoms with Crippen molar-refractivity contribution < 1.29 is 17.6 Å². The number of hydrogen-bond donors (Lipinski definition) is 0. The summed E-state index contributed by atoms with van der Waals surface area (Å²) < 4.78 is 54.0. The van der Waals surface area contributed by atoms with E-state index in [2.05, 4.69) is 6.07 Å². The Labute approximate surface area is 121 Å². The second kappa shape index (κ2) is 5.51. The van der Waals surface area contributed by atoms with E-state index in [4.69, 9.17) is 0 Å². The first-order valence-corrected chi connectivity index (χ1v) is 6.64. The van der Waals surface area contributed by atoms with Gasteiger partial charge in [-0.05, 0) is 60.7 Å². The second-order valence-corrected chi connectivity index (χ2v) is 5.00. The monoisotopic (exact) mass is 295 g/mol. The fourth-order valence-corrected chi connectivity index (χ4v) is 2.51. The average molecular weight is 295 g/mol. The lowest BCUT2D eigenvalue weighted by atomic mass is 9.89. The smallest absolute Gasteiger partial charge is 0.206 e. The lowest BCUT2D eigenvalue weighted by Crippen LogP contribution is -2.10. The number of alkyl halides is 3. The highest BCUT2D eigenvalue weighted by atomic mass is 19.4. The van der Waals surface area contributed by atoms with E-state index >= 15 is 0 Å². The predicted molar refractivity (Wildman–Crippen MR) is 74.5 cm³/mol. The molecule has 0 aliphatic heterocycles. The molecule has 21 heavy (non-hydrogen) atoms. The Hall–Kier alpha value is -1.84. The van der Waals surface area contributed by atoms with Crippen molar-refractivity contribution in [3.05, 3.63) is 58.4 Å². The summed E-state index contributed by atoms with van der Waals surface area (Å²) >= 11 is 0. The second-order valence-electron chi connectivity index (χ2n) is 5.00. The highest BCUT2D eigenvalue weighted by Crippen LogP contribution is 2.41. The van der Waals surface area contributed by atoms with Crippen LogP contribution in [-0.4, -0.2) is 0 Å². The molecule has 0 heterocycles. The van der Waals surface area contributed by atoms with Gasteiger partial charge in [-0.15, -0.1) is 0 Å². The molecule has 0 spiro atoms. The van der Waals surface area contributed by atoms with E-state index in [0.717, 1.165) is 6.07 Å². The average Bonchev–Trinajstić information content (AvgIpc) is 2.37. The Morgan fingerprint density at radius 3 is 2.33 bits per heavy atom. The third-order valence-electron chi connectivity index (χ3n) is 3.41. The topological polar surface area (TPSA) is 0 Å². The Kier molecular flexibility index (Phi) is 4.08. The predicted octanol–water partition coefficient (Wildman–Crippen LogP) is 5.49. The van der Waals surface area contributed by atoms with Gasteiger partial charge in [0.25, 0.3) is 0 Å². The molecule has 0 bridgehead atoms. The molecule has 0 saturated heterocycles. The molecule has 0 aromatic heterocycles. The van der Waals surface area contributed by atoms with Crippen LogP contribution < -0.4 is 0 Å². The molecular weight excluding hydrogens is 280 g/mol. The zero-order chi connectivity index (χ0) is 15.8. The first-order valence-electron chi connectivity index (χ1n) is 6.64.